The molecule has 9 nitrogen and oxygen atoms in total. The molecule has 1 fully saturated rings. The maximum absolute atomic E-state index is 13.8. The number of imidazole rings is 1. The highest BCUT2D eigenvalue weighted by Crippen LogP contribution is 2.37. The molecule has 2 aliphatic heterocycles. The first-order valence-electron chi connectivity index (χ1n) is 13.0. The summed E-state index contributed by atoms with van der Waals surface area (Å²) >= 11 is 0. The summed E-state index contributed by atoms with van der Waals surface area (Å²) in [7, 11) is 0. The molecule has 10 heteroatoms. The monoisotopic (exact) mass is 528 g/mol. The number of anilines is 2. The van der Waals surface area contributed by atoms with Gasteiger partial charge in [0.1, 0.15) is 11.4 Å². The molecule has 1 N–H and O–H groups in total. The fourth-order valence-electron chi connectivity index (χ4n) is 5.08. The molecule has 2 amide bonds. The van der Waals surface area contributed by atoms with Crippen molar-refractivity contribution in [1.82, 2.24) is 19.3 Å². The van der Waals surface area contributed by atoms with E-state index in [-0.39, 0.29) is 17.8 Å². The van der Waals surface area contributed by atoms with Crippen molar-refractivity contribution in [2.45, 2.75) is 32.8 Å². The maximum atomic E-state index is 13.8. The largest absolute Gasteiger partial charge is 0.444 e. The Kier molecular flexibility index (Phi) is 5.97. The van der Waals surface area contributed by atoms with E-state index in [2.05, 4.69) is 15.2 Å². The number of aromatic nitrogens is 3. The first-order valence-corrected chi connectivity index (χ1v) is 13.0. The Balaban J connectivity index is 1.40. The summed E-state index contributed by atoms with van der Waals surface area (Å²) in [5.74, 6) is 0.349. The van der Waals surface area contributed by atoms with Gasteiger partial charge < -0.3 is 19.9 Å². The number of ether oxygens (including phenoxy) is 1. The molecule has 4 aromatic rings. The minimum atomic E-state index is -0.550. The van der Waals surface area contributed by atoms with Gasteiger partial charge >= 0.3 is 6.09 Å². The number of hydrogen-bond acceptors (Lipinski definition) is 6. The average molecular weight is 529 g/mol. The standard InChI is InChI=1S/C29H29FN6O3/c1-29(2,3)39-28(38)35-14-12-34(13-15-35)26-27-33-24(18-4-7-21(30)8-5-18)25(36(27)11-10-31-26)19-6-9-22-20(16-19)17-23(37)32-22/h4-11,16H,12-15,17H2,1-3H3,(H,32,37). The van der Waals surface area contributed by atoms with Crippen LogP contribution in [0.25, 0.3) is 28.2 Å². The van der Waals surface area contributed by atoms with E-state index in [4.69, 9.17) is 9.72 Å². The lowest BCUT2D eigenvalue weighted by Gasteiger charge is -2.36. The van der Waals surface area contributed by atoms with Gasteiger partial charge in [-0.3, -0.25) is 9.20 Å². The van der Waals surface area contributed by atoms with Crippen LogP contribution in [0.15, 0.2) is 54.9 Å². The van der Waals surface area contributed by atoms with Crippen LogP contribution in [0.3, 0.4) is 0 Å². The molecular weight excluding hydrogens is 499 g/mol. The highest BCUT2D eigenvalue weighted by Gasteiger charge is 2.29. The molecule has 2 aliphatic rings. The molecule has 2 aromatic heterocycles. The molecule has 1 saturated heterocycles. The van der Waals surface area contributed by atoms with Crippen LogP contribution in [0.4, 0.5) is 20.7 Å². The SMILES string of the molecule is CC(C)(C)OC(=O)N1CCN(c2nccn3c(-c4ccc5c(c4)CC(=O)N5)c(-c4ccc(F)cc4)nc23)CC1. The van der Waals surface area contributed by atoms with Gasteiger partial charge in [0.2, 0.25) is 5.91 Å². The van der Waals surface area contributed by atoms with Gasteiger partial charge in [0.05, 0.1) is 17.8 Å². The lowest BCUT2D eigenvalue weighted by Crippen LogP contribution is -2.50. The van der Waals surface area contributed by atoms with Crippen LogP contribution >= 0.6 is 0 Å². The number of fused-ring (bicyclic) bond motifs is 2. The molecule has 4 heterocycles. The molecule has 6 rings (SSSR count). The molecule has 39 heavy (non-hydrogen) atoms. The number of nitrogens with one attached hydrogen (secondary N) is 1. The Morgan fingerprint density at radius 3 is 2.46 bits per heavy atom. The topological polar surface area (TPSA) is 92.1 Å². The summed E-state index contributed by atoms with van der Waals surface area (Å²) in [5, 5.41) is 2.88. The van der Waals surface area contributed by atoms with Gasteiger partial charge in [-0.05, 0) is 62.7 Å². The summed E-state index contributed by atoms with van der Waals surface area (Å²) in [6.45, 7) is 7.73. The number of rotatable bonds is 3. The lowest BCUT2D eigenvalue weighted by atomic mass is 10.0. The number of carbonyl (C=O) groups excluding carboxylic acids is 2. The van der Waals surface area contributed by atoms with Gasteiger partial charge in [0.15, 0.2) is 11.5 Å². The quantitative estimate of drug-likeness (QED) is 0.413. The highest BCUT2D eigenvalue weighted by atomic mass is 19.1. The third-order valence-electron chi connectivity index (χ3n) is 6.88. The third-order valence-corrected chi connectivity index (χ3v) is 6.88. The van der Waals surface area contributed by atoms with Crippen LogP contribution < -0.4 is 10.2 Å². The van der Waals surface area contributed by atoms with E-state index in [1.54, 1.807) is 23.2 Å². The third kappa shape index (κ3) is 4.78. The summed E-state index contributed by atoms with van der Waals surface area (Å²) in [6, 6.07) is 12.1. The van der Waals surface area contributed by atoms with E-state index in [1.807, 2.05) is 49.6 Å². The van der Waals surface area contributed by atoms with Crippen LogP contribution in [0.1, 0.15) is 26.3 Å². The number of amides is 2. The van der Waals surface area contributed by atoms with Gasteiger partial charge in [-0.25, -0.2) is 19.2 Å². The zero-order valence-corrected chi connectivity index (χ0v) is 22.1. The summed E-state index contributed by atoms with van der Waals surface area (Å²) in [5.41, 5.74) is 5.02. The van der Waals surface area contributed by atoms with E-state index < -0.39 is 5.60 Å². The molecule has 0 bridgehead atoms. The second-order valence-corrected chi connectivity index (χ2v) is 10.8. The van der Waals surface area contributed by atoms with Crippen LogP contribution in [0.2, 0.25) is 0 Å². The van der Waals surface area contributed by atoms with E-state index in [0.29, 0.717) is 49.8 Å². The zero-order valence-electron chi connectivity index (χ0n) is 22.1. The number of carbonyl (C=O) groups is 2. The summed E-state index contributed by atoms with van der Waals surface area (Å²) in [6.07, 6.45) is 3.60. The summed E-state index contributed by atoms with van der Waals surface area (Å²) in [4.78, 5) is 38.1. The number of benzene rings is 2. The van der Waals surface area contributed by atoms with Gasteiger partial charge in [-0.1, -0.05) is 6.07 Å². The van der Waals surface area contributed by atoms with Crippen molar-refractivity contribution >= 4 is 29.2 Å². The summed E-state index contributed by atoms with van der Waals surface area (Å²) < 4.78 is 21.3. The molecule has 0 saturated carbocycles. The van der Waals surface area contributed by atoms with E-state index in [0.717, 1.165) is 28.1 Å². The predicted molar refractivity (Wildman–Crippen MR) is 146 cm³/mol. The smallest absolute Gasteiger partial charge is 0.410 e. The second kappa shape index (κ2) is 9.37. The molecule has 0 aliphatic carbocycles. The lowest BCUT2D eigenvalue weighted by molar-refractivity contribution is -0.115. The molecule has 0 radical (unpaired) electrons. The van der Waals surface area contributed by atoms with E-state index >= 15 is 0 Å². The molecule has 0 atom stereocenters. The van der Waals surface area contributed by atoms with Crippen molar-refractivity contribution in [3.8, 4) is 22.5 Å². The fourth-order valence-corrected chi connectivity index (χ4v) is 5.08. The van der Waals surface area contributed by atoms with Crippen molar-refractivity contribution in [1.29, 1.82) is 0 Å². The number of hydrogen-bond donors (Lipinski definition) is 1. The molecule has 0 unspecified atom stereocenters. The number of piperazine rings is 1. The fraction of sp³-hybridized carbons (Fsp3) is 0.310. The Bertz CT molecular complexity index is 1580. The first-order chi connectivity index (χ1) is 18.7. The van der Waals surface area contributed by atoms with Gasteiger partial charge in [0, 0.05) is 55.4 Å². The second-order valence-electron chi connectivity index (χ2n) is 10.8. The molecular formula is C29H29FN6O3. The van der Waals surface area contributed by atoms with Crippen molar-refractivity contribution < 1.29 is 18.7 Å². The number of nitrogens with zero attached hydrogens (tertiary/aromatic N) is 5. The zero-order chi connectivity index (χ0) is 27.3. The van der Waals surface area contributed by atoms with Crippen molar-refractivity contribution in [2.24, 2.45) is 0 Å². The van der Waals surface area contributed by atoms with Crippen LogP contribution in [0, 0.1) is 5.82 Å². The Morgan fingerprint density at radius 2 is 1.74 bits per heavy atom. The minimum absolute atomic E-state index is 0.0314. The van der Waals surface area contributed by atoms with Gasteiger partial charge in [-0.2, -0.15) is 0 Å². The number of halogens is 1. The Labute approximate surface area is 225 Å². The van der Waals surface area contributed by atoms with E-state index in [9.17, 15) is 14.0 Å². The van der Waals surface area contributed by atoms with Crippen molar-refractivity contribution in [3.05, 3.63) is 66.2 Å². The molecule has 0 spiro atoms. The van der Waals surface area contributed by atoms with Crippen LogP contribution in [-0.2, 0) is 16.0 Å². The van der Waals surface area contributed by atoms with Crippen molar-refractivity contribution in [3.63, 3.8) is 0 Å². The molecule has 200 valence electrons. The highest BCUT2D eigenvalue weighted by molar-refractivity contribution is 6.00. The maximum Gasteiger partial charge on any atom is 0.410 e. The van der Waals surface area contributed by atoms with Crippen LogP contribution in [-0.4, -0.2) is 63.0 Å². The van der Waals surface area contributed by atoms with Gasteiger partial charge in [0.25, 0.3) is 0 Å². The first kappa shape index (κ1) is 24.8. The normalized spacial score (nSPS) is 15.4. The Hall–Kier alpha value is -4.47. The predicted octanol–water partition coefficient (Wildman–Crippen LogP) is 4.75. The minimum Gasteiger partial charge on any atom is -0.444 e. The molecule has 2 aromatic carbocycles. The van der Waals surface area contributed by atoms with Crippen molar-refractivity contribution in [2.75, 3.05) is 36.4 Å². The van der Waals surface area contributed by atoms with Crippen LogP contribution in [0.5, 0.6) is 0 Å². The van der Waals surface area contributed by atoms with Gasteiger partial charge in [-0.15, -0.1) is 0 Å². The Morgan fingerprint density at radius 1 is 1.03 bits per heavy atom. The average Bonchev–Trinajstić information content (AvgIpc) is 3.47. The van der Waals surface area contributed by atoms with E-state index in [1.165, 1.54) is 12.1 Å².